The number of carbonyl (C=O) groups is 1. The second kappa shape index (κ2) is 12.4. The second-order valence-corrected chi connectivity index (χ2v) is 10.5. The second-order valence-electron chi connectivity index (χ2n) is 10.5. The highest BCUT2D eigenvalue weighted by Crippen LogP contribution is 2.31. The number of nitrogens with one attached hydrogen (secondary N) is 1. The first-order valence-electron chi connectivity index (χ1n) is 13.9. The zero-order valence-corrected chi connectivity index (χ0v) is 23.2. The molecule has 1 aliphatic heterocycles. The maximum atomic E-state index is 14.1. The molecular formula is C28H37F2N7O3. The third kappa shape index (κ3) is 6.02. The van der Waals surface area contributed by atoms with Crippen molar-refractivity contribution in [3.63, 3.8) is 0 Å². The monoisotopic (exact) mass is 557 g/mol. The van der Waals surface area contributed by atoms with E-state index < -0.39 is 6.43 Å². The highest BCUT2D eigenvalue weighted by molar-refractivity contribution is 5.78. The number of ether oxygens (including phenoxy) is 2. The molecule has 0 amide bonds. The Balaban J connectivity index is 1.36. The van der Waals surface area contributed by atoms with Gasteiger partial charge in [0, 0.05) is 31.7 Å². The minimum Gasteiger partial charge on any atom is -0.468 e. The molecule has 1 saturated carbocycles. The lowest BCUT2D eigenvalue weighted by Crippen LogP contribution is -2.45. The maximum Gasteiger partial charge on any atom is 0.322 e. The molecule has 5 rings (SSSR count). The van der Waals surface area contributed by atoms with Crippen LogP contribution in [0.1, 0.15) is 44.9 Å². The summed E-state index contributed by atoms with van der Waals surface area (Å²) >= 11 is 0. The molecule has 10 nitrogen and oxygen atoms in total. The summed E-state index contributed by atoms with van der Waals surface area (Å²) < 4.78 is 40.0. The van der Waals surface area contributed by atoms with Gasteiger partial charge in [0.2, 0.25) is 5.95 Å². The van der Waals surface area contributed by atoms with Crippen LogP contribution in [0.25, 0.3) is 16.9 Å². The molecule has 2 aliphatic rings. The number of aromatic nitrogens is 4. The summed E-state index contributed by atoms with van der Waals surface area (Å²) in [7, 11) is 3.39. The third-order valence-electron chi connectivity index (χ3n) is 8.14. The van der Waals surface area contributed by atoms with E-state index in [1.807, 2.05) is 14.0 Å². The molecule has 12 heteroatoms. The number of imidazole rings is 1. The van der Waals surface area contributed by atoms with Crippen molar-refractivity contribution in [3.05, 3.63) is 36.2 Å². The molecule has 1 unspecified atom stereocenters. The number of fused-ring (bicyclic) bond motifs is 1. The number of morpholine rings is 1. The number of alkyl halides is 2. The zero-order chi connectivity index (χ0) is 28.2. The van der Waals surface area contributed by atoms with Gasteiger partial charge in [-0.25, -0.2) is 13.8 Å². The van der Waals surface area contributed by atoms with Crippen molar-refractivity contribution in [1.29, 1.82) is 0 Å². The van der Waals surface area contributed by atoms with Crippen LogP contribution >= 0.6 is 0 Å². The summed E-state index contributed by atoms with van der Waals surface area (Å²) in [4.78, 5) is 29.8. The number of rotatable bonds is 9. The molecule has 1 aromatic carbocycles. The van der Waals surface area contributed by atoms with E-state index in [0.717, 1.165) is 25.7 Å². The average Bonchev–Trinajstić information content (AvgIpc) is 3.40. The van der Waals surface area contributed by atoms with Gasteiger partial charge >= 0.3 is 5.97 Å². The summed E-state index contributed by atoms with van der Waals surface area (Å²) in [5.41, 5.74) is 1.06. The van der Waals surface area contributed by atoms with Gasteiger partial charge in [-0.05, 0) is 57.7 Å². The number of hydrogen-bond donors (Lipinski definition) is 1. The fourth-order valence-corrected chi connectivity index (χ4v) is 5.65. The molecule has 1 atom stereocenters. The van der Waals surface area contributed by atoms with Gasteiger partial charge in [-0.15, -0.1) is 0 Å². The number of nitrogens with zero attached hydrogens (tertiary/aromatic N) is 6. The Bertz CT molecular complexity index is 1310. The van der Waals surface area contributed by atoms with Crippen molar-refractivity contribution >= 4 is 28.8 Å². The Morgan fingerprint density at radius 1 is 1.12 bits per heavy atom. The van der Waals surface area contributed by atoms with E-state index in [2.05, 4.69) is 20.1 Å². The quantitative estimate of drug-likeness (QED) is 0.391. The number of methoxy groups -OCH3 is 1. The molecule has 0 spiro atoms. The van der Waals surface area contributed by atoms with E-state index in [0.29, 0.717) is 73.4 Å². The predicted molar refractivity (Wildman–Crippen MR) is 148 cm³/mol. The minimum absolute atomic E-state index is 0.222. The number of benzene rings is 1. The topological polar surface area (TPSA) is 97.6 Å². The molecule has 2 fully saturated rings. The molecule has 0 bridgehead atoms. The van der Waals surface area contributed by atoms with Gasteiger partial charge in [-0.2, -0.15) is 9.97 Å². The Morgan fingerprint density at radius 3 is 2.52 bits per heavy atom. The van der Waals surface area contributed by atoms with Crippen LogP contribution in [0.3, 0.4) is 0 Å². The summed E-state index contributed by atoms with van der Waals surface area (Å²) in [5.74, 6) is 1.25. The smallest absolute Gasteiger partial charge is 0.322 e. The summed E-state index contributed by atoms with van der Waals surface area (Å²) in [5, 5.41) is 3.40. The normalized spacial score (nSPS) is 20.7. The number of likely N-dealkylation sites (N-methyl/N-ethyl adjacent to an activating group) is 1. The van der Waals surface area contributed by atoms with Crippen molar-refractivity contribution in [3.8, 4) is 5.82 Å². The van der Waals surface area contributed by atoms with E-state index in [-0.39, 0.29) is 17.8 Å². The molecule has 1 saturated heterocycles. The Morgan fingerprint density at radius 2 is 1.82 bits per heavy atom. The van der Waals surface area contributed by atoms with Crippen molar-refractivity contribution in [2.75, 3.05) is 57.2 Å². The molecule has 3 aromatic rings. The highest BCUT2D eigenvalue weighted by atomic mass is 19.3. The molecule has 40 heavy (non-hydrogen) atoms. The van der Waals surface area contributed by atoms with Gasteiger partial charge < -0.3 is 19.7 Å². The van der Waals surface area contributed by atoms with Gasteiger partial charge in [0.15, 0.2) is 5.82 Å². The van der Waals surface area contributed by atoms with Gasteiger partial charge in [0.05, 0.1) is 31.4 Å². The highest BCUT2D eigenvalue weighted by Gasteiger charge is 2.30. The number of esters is 1. The van der Waals surface area contributed by atoms with Gasteiger partial charge in [0.25, 0.3) is 6.43 Å². The van der Waals surface area contributed by atoms with E-state index in [1.165, 1.54) is 11.7 Å². The lowest BCUT2D eigenvalue weighted by Gasteiger charge is -2.37. The third-order valence-corrected chi connectivity index (χ3v) is 8.14. The molecule has 2 aromatic heterocycles. The number of para-hydroxylation sites is 2. The molecule has 0 radical (unpaired) electrons. The molecule has 1 aliphatic carbocycles. The summed E-state index contributed by atoms with van der Waals surface area (Å²) in [6.45, 7) is 5.00. The van der Waals surface area contributed by atoms with Crippen LogP contribution in [0.5, 0.6) is 0 Å². The summed E-state index contributed by atoms with van der Waals surface area (Å²) in [6.07, 6.45) is 1.17. The SMILES string of the molecule is COC(=O)C(C)N(C)C1CCC(CNc2nc(N3CCOCC3)cc(-n3c(C(F)F)nc4ccccc43)n2)CC1. The molecule has 3 heterocycles. The lowest BCUT2D eigenvalue weighted by molar-refractivity contribution is -0.146. The van der Waals surface area contributed by atoms with Gasteiger partial charge in [0.1, 0.15) is 17.7 Å². The van der Waals surface area contributed by atoms with Crippen LogP contribution < -0.4 is 10.2 Å². The largest absolute Gasteiger partial charge is 0.468 e. The van der Waals surface area contributed by atoms with Crippen LogP contribution in [-0.2, 0) is 14.3 Å². The Kier molecular flexibility index (Phi) is 8.75. The number of hydrogen-bond acceptors (Lipinski definition) is 9. The van der Waals surface area contributed by atoms with Crippen molar-refractivity contribution in [2.45, 2.75) is 51.1 Å². The number of carbonyl (C=O) groups excluding carboxylic acids is 1. The van der Waals surface area contributed by atoms with Crippen LogP contribution in [0, 0.1) is 5.92 Å². The molecular weight excluding hydrogens is 520 g/mol. The first kappa shape index (κ1) is 28.2. The van der Waals surface area contributed by atoms with Crippen LogP contribution in [0.15, 0.2) is 30.3 Å². The summed E-state index contributed by atoms with van der Waals surface area (Å²) in [6, 6.07) is 8.87. The molecule has 216 valence electrons. The fraction of sp³-hybridized carbons (Fsp3) is 0.571. The molecule has 1 N–H and O–H groups in total. The predicted octanol–water partition coefficient (Wildman–Crippen LogP) is 4.05. The van der Waals surface area contributed by atoms with Gasteiger partial charge in [-0.3, -0.25) is 14.3 Å². The van der Waals surface area contributed by atoms with Crippen molar-refractivity contribution < 1.29 is 23.0 Å². The van der Waals surface area contributed by atoms with Gasteiger partial charge in [-0.1, -0.05) is 12.1 Å². The minimum atomic E-state index is -2.76. The van der Waals surface area contributed by atoms with E-state index in [1.54, 1.807) is 30.3 Å². The lowest BCUT2D eigenvalue weighted by atomic mass is 9.85. The number of halogens is 2. The van der Waals surface area contributed by atoms with Crippen LogP contribution in [-0.4, -0.2) is 89.5 Å². The van der Waals surface area contributed by atoms with Crippen molar-refractivity contribution in [1.82, 2.24) is 24.4 Å². The Labute approximate surface area is 232 Å². The average molecular weight is 558 g/mol. The van der Waals surface area contributed by atoms with E-state index in [4.69, 9.17) is 19.4 Å². The Hall–Kier alpha value is -3.38. The maximum absolute atomic E-state index is 14.1. The fourth-order valence-electron chi connectivity index (χ4n) is 5.65. The first-order valence-corrected chi connectivity index (χ1v) is 13.9. The van der Waals surface area contributed by atoms with E-state index >= 15 is 0 Å². The van der Waals surface area contributed by atoms with E-state index in [9.17, 15) is 13.6 Å². The number of anilines is 2. The first-order chi connectivity index (χ1) is 19.4. The standard InChI is InChI=1S/C28H37F2N7O3/c1-18(27(38)39-3)35(2)20-10-8-19(9-11-20)17-31-28-33-23(36-12-14-40-15-13-36)16-24(34-28)37-22-7-5-4-6-21(22)32-26(37)25(29)30/h4-7,16,18-20,25H,8-15,17H2,1-3H3,(H,31,33,34). The van der Waals surface area contributed by atoms with Crippen LogP contribution in [0.4, 0.5) is 20.5 Å². The van der Waals surface area contributed by atoms with Crippen molar-refractivity contribution in [2.24, 2.45) is 5.92 Å². The van der Waals surface area contributed by atoms with Crippen LogP contribution in [0.2, 0.25) is 0 Å². The zero-order valence-electron chi connectivity index (χ0n) is 23.2.